The van der Waals surface area contributed by atoms with Crippen LogP contribution in [0.25, 0.3) is 0 Å². The molecule has 0 amide bonds. The van der Waals surface area contributed by atoms with Crippen molar-refractivity contribution >= 4 is 11.9 Å². The molecule has 1 aliphatic heterocycles. The van der Waals surface area contributed by atoms with Crippen LogP contribution in [0, 0.1) is 0 Å². The largest absolute Gasteiger partial charge is 0.462 e. The highest BCUT2D eigenvalue weighted by molar-refractivity contribution is 5.70. The zero-order valence-corrected chi connectivity index (χ0v) is 37.4. The van der Waals surface area contributed by atoms with E-state index in [1.165, 1.54) is 6.42 Å². The van der Waals surface area contributed by atoms with Crippen molar-refractivity contribution in [3.8, 4) is 0 Å². The van der Waals surface area contributed by atoms with E-state index in [2.05, 4.69) is 123 Å². The van der Waals surface area contributed by atoms with E-state index in [4.69, 9.17) is 18.9 Å². The quantitative estimate of drug-likeness (QED) is 0.0272. The van der Waals surface area contributed by atoms with Crippen molar-refractivity contribution in [1.29, 1.82) is 0 Å². The molecular formula is C51H80O10. The van der Waals surface area contributed by atoms with Crippen molar-refractivity contribution in [3.05, 3.63) is 109 Å². The standard InChI is InChI=1S/C51H80O10/c1-3-5-7-9-11-13-15-17-19-21-22-24-25-27-29-31-33-35-37-39-46(53)58-42-44(43-59-51-50(57)49(56)48(55)45(41-52)61-51)60-47(54)40-38-36-34-32-30-28-26-23-20-18-16-14-12-10-8-6-4-2/h5,7-8,10-11,13-14,16-17,19-20,22-24,27-30,44-45,48-52,55-57H,3-4,6,9,12,15,18,21,25-26,31-43H2,1-2H3/b7-5+,10-8+,13-11+,16-14+,19-17+,23-20+,24-22+,29-27+,30-28+/t44-,45-,48+,49?,50?,51-/m0/s1. The zero-order valence-electron chi connectivity index (χ0n) is 37.4. The van der Waals surface area contributed by atoms with Gasteiger partial charge in [0.05, 0.1) is 13.2 Å². The minimum absolute atomic E-state index is 0.177. The predicted molar refractivity (Wildman–Crippen MR) is 247 cm³/mol. The maximum Gasteiger partial charge on any atom is 0.306 e. The first-order valence-corrected chi connectivity index (χ1v) is 23.0. The molecule has 0 bridgehead atoms. The molecule has 2 unspecified atom stereocenters. The Morgan fingerprint density at radius 2 is 0.967 bits per heavy atom. The number of allylic oxidation sites excluding steroid dienone is 18. The molecule has 1 rings (SSSR count). The molecular weight excluding hydrogens is 773 g/mol. The molecule has 10 heteroatoms. The van der Waals surface area contributed by atoms with Crippen LogP contribution in [0.5, 0.6) is 0 Å². The minimum atomic E-state index is -1.61. The monoisotopic (exact) mass is 853 g/mol. The second-order valence-electron chi connectivity index (χ2n) is 15.1. The van der Waals surface area contributed by atoms with Gasteiger partial charge in [0, 0.05) is 12.8 Å². The fourth-order valence-electron chi connectivity index (χ4n) is 6.03. The third-order valence-corrected chi connectivity index (χ3v) is 9.62. The Kier molecular flexibility index (Phi) is 36.7. The average molecular weight is 853 g/mol. The highest BCUT2D eigenvalue weighted by atomic mass is 16.7. The van der Waals surface area contributed by atoms with E-state index in [1.807, 2.05) is 0 Å². The first-order chi connectivity index (χ1) is 29.8. The lowest BCUT2D eigenvalue weighted by molar-refractivity contribution is -0.305. The molecule has 1 heterocycles. The van der Waals surface area contributed by atoms with Crippen molar-refractivity contribution in [2.75, 3.05) is 19.8 Å². The third-order valence-electron chi connectivity index (χ3n) is 9.62. The Balaban J connectivity index is 2.39. The number of hydrogen-bond acceptors (Lipinski definition) is 10. The van der Waals surface area contributed by atoms with Crippen LogP contribution < -0.4 is 0 Å². The molecule has 0 radical (unpaired) electrons. The molecule has 6 atom stereocenters. The summed E-state index contributed by atoms with van der Waals surface area (Å²) < 4.78 is 22.1. The van der Waals surface area contributed by atoms with E-state index in [0.29, 0.717) is 12.8 Å². The number of carbonyl (C=O) groups is 2. The Morgan fingerprint density at radius 1 is 0.525 bits per heavy atom. The van der Waals surface area contributed by atoms with E-state index in [0.717, 1.165) is 96.3 Å². The topological polar surface area (TPSA) is 152 Å². The number of aliphatic hydroxyl groups is 4. The molecule has 1 saturated heterocycles. The van der Waals surface area contributed by atoms with Crippen LogP contribution in [0.4, 0.5) is 0 Å². The fraction of sp³-hybridized carbons (Fsp3) is 0.608. The summed E-state index contributed by atoms with van der Waals surface area (Å²) in [6.07, 6.45) is 48.0. The van der Waals surface area contributed by atoms with Gasteiger partial charge in [0.25, 0.3) is 0 Å². The van der Waals surface area contributed by atoms with Gasteiger partial charge in [-0.25, -0.2) is 0 Å². The summed E-state index contributed by atoms with van der Waals surface area (Å²) >= 11 is 0. The lowest BCUT2D eigenvalue weighted by atomic mass is 9.99. The number of hydrogen-bond donors (Lipinski definition) is 4. The number of rotatable bonds is 36. The van der Waals surface area contributed by atoms with Gasteiger partial charge in [-0.3, -0.25) is 9.59 Å². The van der Waals surface area contributed by atoms with E-state index in [9.17, 15) is 30.0 Å². The van der Waals surface area contributed by atoms with Crippen LogP contribution in [-0.4, -0.2) is 89.0 Å². The van der Waals surface area contributed by atoms with Crippen LogP contribution in [0.3, 0.4) is 0 Å². The van der Waals surface area contributed by atoms with Crippen molar-refractivity contribution in [2.45, 2.75) is 179 Å². The molecule has 0 saturated carbocycles. The molecule has 1 aliphatic rings. The summed E-state index contributed by atoms with van der Waals surface area (Å²) in [7, 11) is 0. The Labute approximate surface area is 368 Å². The van der Waals surface area contributed by atoms with Crippen LogP contribution in [0.1, 0.15) is 142 Å². The summed E-state index contributed by atoms with van der Waals surface area (Å²) in [4.78, 5) is 25.4. The highest BCUT2D eigenvalue weighted by Gasteiger charge is 2.44. The second kappa shape index (κ2) is 40.4. The number of ether oxygens (including phenoxy) is 4. The van der Waals surface area contributed by atoms with Gasteiger partial charge in [0.1, 0.15) is 31.0 Å². The molecule has 10 nitrogen and oxygen atoms in total. The SMILES string of the molecule is CC/C=C/C/C=C/C/C=C/C/C=C/C/C=C/CCCCCC(=O)OC[C@@H](CO[C@H]1O[C@@H](CO)[C@@H](O)C(O)C1O)OC(=O)CCCCC/C=C/C/C=C/C/C=C/C/C=C/CCC. The van der Waals surface area contributed by atoms with Crippen molar-refractivity contribution in [3.63, 3.8) is 0 Å². The summed E-state index contributed by atoms with van der Waals surface area (Å²) in [5.41, 5.74) is 0. The lowest BCUT2D eigenvalue weighted by Gasteiger charge is -2.39. The first kappa shape index (κ1) is 55.4. The van der Waals surface area contributed by atoms with E-state index >= 15 is 0 Å². The number of aliphatic hydroxyl groups excluding tert-OH is 4. The van der Waals surface area contributed by atoms with E-state index < -0.39 is 55.4 Å². The Hall–Kier alpha value is -3.64. The number of unbranched alkanes of at least 4 members (excludes halogenated alkanes) is 7. The zero-order chi connectivity index (χ0) is 44.4. The van der Waals surface area contributed by atoms with Gasteiger partial charge in [0.15, 0.2) is 12.4 Å². The summed E-state index contributed by atoms with van der Waals surface area (Å²) in [6.45, 7) is 3.15. The van der Waals surface area contributed by atoms with Crippen molar-refractivity contribution < 1.29 is 49.0 Å². The molecule has 0 spiro atoms. The molecule has 61 heavy (non-hydrogen) atoms. The maximum atomic E-state index is 12.8. The van der Waals surface area contributed by atoms with Crippen molar-refractivity contribution in [1.82, 2.24) is 0 Å². The first-order valence-electron chi connectivity index (χ1n) is 23.0. The van der Waals surface area contributed by atoms with Gasteiger partial charge in [-0.1, -0.05) is 142 Å². The predicted octanol–water partition coefficient (Wildman–Crippen LogP) is 10.1. The van der Waals surface area contributed by atoms with Gasteiger partial charge in [-0.15, -0.1) is 0 Å². The molecule has 0 aromatic heterocycles. The van der Waals surface area contributed by atoms with Gasteiger partial charge < -0.3 is 39.4 Å². The fourth-order valence-corrected chi connectivity index (χ4v) is 6.03. The minimum Gasteiger partial charge on any atom is -0.462 e. The molecule has 4 N–H and O–H groups in total. The van der Waals surface area contributed by atoms with Crippen LogP contribution in [0.2, 0.25) is 0 Å². The lowest BCUT2D eigenvalue weighted by Crippen LogP contribution is -2.59. The van der Waals surface area contributed by atoms with Crippen LogP contribution in [0.15, 0.2) is 109 Å². The van der Waals surface area contributed by atoms with Gasteiger partial charge in [-0.05, 0) is 96.3 Å². The smallest absolute Gasteiger partial charge is 0.306 e. The normalized spacial score (nSPS) is 20.8. The molecule has 0 aliphatic carbocycles. The highest BCUT2D eigenvalue weighted by Crippen LogP contribution is 2.22. The van der Waals surface area contributed by atoms with Gasteiger partial charge >= 0.3 is 11.9 Å². The van der Waals surface area contributed by atoms with Gasteiger partial charge in [-0.2, -0.15) is 0 Å². The average Bonchev–Trinajstić information content (AvgIpc) is 3.26. The maximum absolute atomic E-state index is 12.8. The number of carbonyl (C=O) groups excluding carboxylic acids is 2. The summed E-state index contributed by atoms with van der Waals surface area (Å²) in [5, 5.41) is 40.1. The van der Waals surface area contributed by atoms with Gasteiger partial charge in [0.2, 0.25) is 0 Å². The van der Waals surface area contributed by atoms with Crippen LogP contribution in [-0.2, 0) is 28.5 Å². The Bertz CT molecular complexity index is 1350. The molecule has 1 fully saturated rings. The molecule has 0 aromatic rings. The second-order valence-corrected chi connectivity index (χ2v) is 15.1. The summed E-state index contributed by atoms with van der Waals surface area (Å²) in [5.74, 6) is -0.893. The third kappa shape index (κ3) is 31.8. The Morgan fingerprint density at radius 3 is 1.43 bits per heavy atom. The number of esters is 2. The van der Waals surface area contributed by atoms with E-state index in [-0.39, 0.29) is 26.1 Å². The van der Waals surface area contributed by atoms with Crippen LogP contribution >= 0.6 is 0 Å². The molecule has 0 aromatic carbocycles. The summed E-state index contributed by atoms with van der Waals surface area (Å²) in [6, 6.07) is 0. The van der Waals surface area contributed by atoms with E-state index in [1.54, 1.807) is 0 Å². The molecule has 344 valence electrons. The van der Waals surface area contributed by atoms with Crippen molar-refractivity contribution in [2.24, 2.45) is 0 Å².